The Morgan fingerprint density at radius 2 is 2.29 bits per heavy atom. The standard InChI is InChI=1S/C12H14N2O3/c13-12(15)5-4-9-7-11(9)8-2-1-3-10(6-8)14(16)17/h1-3,6,9,11H,4-5,7H2,(H2,13,15)/t9-,11?/m1/s1. The molecule has 17 heavy (non-hydrogen) atoms. The zero-order valence-electron chi connectivity index (χ0n) is 9.33. The maximum absolute atomic E-state index is 10.7. The Balaban J connectivity index is 1.98. The first-order valence-corrected chi connectivity index (χ1v) is 5.60. The number of hydrogen-bond donors (Lipinski definition) is 1. The second-order valence-corrected chi connectivity index (χ2v) is 4.46. The lowest BCUT2D eigenvalue weighted by Crippen LogP contribution is -2.10. The molecule has 1 aliphatic carbocycles. The van der Waals surface area contributed by atoms with Crippen LogP contribution >= 0.6 is 0 Å². The van der Waals surface area contributed by atoms with E-state index in [1.165, 1.54) is 6.07 Å². The number of hydrogen-bond acceptors (Lipinski definition) is 3. The van der Waals surface area contributed by atoms with Gasteiger partial charge in [-0.25, -0.2) is 0 Å². The third-order valence-corrected chi connectivity index (χ3v) is 3.19. The van der Waals surface area contributed by atoms with Crippen LogP contribution in [-0.4, -0.2) is 10.8 Å². The number of benzene rings is 1. The smallest absolute Gasteiger partial charge is 0.269 e. The number of nitro groups is 1. The number of rotatable bonds is 5. The maximum Gasteiger partial charge on any atom is 0.269 e. The molecule has 0 radical (unpaired) electrons. The van der Waals surface area contributed by atoms with Gasteiger partial charge in [0.2, 0.25) is 5.91 Å². The summed E-state index contributed by atoms with van der Waals surface area (Å²) in [5.74, 6) is 0.522. The van der Waals surface area contributed by atoms with E-state index < -0.39 is 0 Å². The van der Waals surface area contributed by atoms with Gasteiger partial charge in [-0.1, -0.05) is 12.1 Å². The molecule has 1 aromatic rings. The van der Waals surface area contributed by atoms with Crippen LogP contribution < -0.4 is 5.73 Å². The Labute approximate surface area is 98.8 Å². The van der Waals surface area contributed by atoms with E-state index in [1.807, 2.05) is 6.07 Å². The molecule has 2 rings (SSSR count). The zero-order chi connectivity index (χ0) is 12.4. The lowest BCUT2D eigenvalue weighted by atomic mass is 10.1. The van der Waals surface area contributed by atoms with Gasteiger partial charge in [-0.3, -0.25) is 14.9 Å². The van der Waals surface area contributed by atoms with Crippen LogP contribution in [0.1, 0.15) is 30.7 Å². The molecule has 1 saturated carbocycles. The Kier molecular flexibility index (Phi) is 3.08. The van der Waals surface area contributed by atoms with Crippen molar-refractivity contribution < 1.29 is 9.72 Å². The Morgan fingerprint density at radius 1 is 1.53 bits per heavy atom. The normalized spacial score (nSPS) is 22.1. The van der Waals surface area contributed by atoms with Gasteiger partial charge < -0.3 is 5.73 Å². The number of nitrogens with zero attached hydrogens (tertiary/aromatic N) is 1. The summed E-state index contributed by atoms with van der Waals surface area (Å²) in [6.45, 7) is 0. The van der Waals surface area contributed by atoms with Gasteiger partial charge >= 0.3 is 0 Å². The molecule has 1 aromatic carbocycles. The summed E-state index contributed by atoms with van der Waals surface area (Å²) >= 11 is 0. The van der Waals surface area contributed by atoms with Gasteiger partial charge in [0, 0.05) is 18.6 Å². The molecule has 0 bridgehead atoms. The number of primary amides is 1. The fourth-order valence-electron chi connectivity index (χ4n) is 2.17. The summed E-state index contributed by atoms with van der Waals surface area (Å²) in [6, 6.07) is 6.72. The second-order valence-electron chi connectivity index (χ2n) is 4.46. The molecule has 1 fully saturated rings. The van der Waals surface area contributed by atoms with Crippen LogP contribution in [0.2, 0.25) is 0 Å². The average molecular weight is 234 g/mol. The molecule has 2 atom stereocenters. The van der Waals surface area contributed by atoms with Crippen LogP contribution in [0.3, 0.4) is 0 Å². The van der Waals surface area contributed by atoms with Crippen molar-refractivity contribution in [1.82, 2.24) is 0 Å². The lowest BCUT2D eigenvalue weighted by Gasteiger charge is -2.00. The zero-order valence-corrected chi connectivity index (χ0v) is 9.33. The molecule has 0 aliphatic heterocycles. The maximum atomic E-state index is 10.7. The van der Waals surface area contributed by atoms with Crippen LogP contribution in [0.15, 0.2) is 24.3 Å². The van der Waals surface area contributed by atoms with E-state index in [0.717, 1.165) is 18.4 Å². The summed E-state index contributed by atoms with van der Waals surface area (Å²) in [5.41, 5.74) is 6.21. The van der Waals surface area contributed by atoms with Crippen LogP contribution in [-0.2, 0) is 4.79 Å². The van der Waals surface area contributed by atoms with E-state index in [1.54, 1.807) is 12.1 Å². The SMILES string of the molecule is NC(=O)CC[C@@H]1CC1c1cccc([N+](=O)[O-])c1. The van der Waals surface area contributed by atoms with Crippen molar-refractivity contribution >= 4 is 11.6 Å². The minimum atomic E-state index is -0.385. The summed E-state index contributed by atoms with van der Waals surface area (Å²) in [7, 11) is 0. The Bertz CT molecular complexity index is 459. The van der Waals surface area contributed by atoms with Gasteiger partial charge in [-0.2, -0.15) is 0 Å². The van der Waals surface area contributed by atoms with Gasteiger partial charge in [-0.05, 0) is 30.2 Å². The number of carbonyl (C=O) groups excluding carboxylic acids is 1. The number of amides is 1. The largest absolute Gasteiger partial charge is 0.370 e. The van der Waals surface area contributed by atoms with E-state index >= 15 is 0 Å². The van der Waals surface area contributed by atoms with Crippen molar-refractivity contribution in [1.29, 1.82) is 0 Å². The fourth-order valence-corrected chi connectivity index (χ4v) is 2.17. The Morgan fingerprint density at radius 3 is 2.94 bits per heavy atom. The van der Waals surface area contributed by atoms with Gasteiger partial charge in [-0.15, -0.1) is 0 Å². The number of nitrogens with two attached hydrogens (primary N) is 1. The van der Waals surface area contributed by atoms with Crippen molar-refractivity contribution in [2.75, 3.05) is 0 Å². The summed E-state index contributed by atoms with van der Waals surface area (Å²) < 4.78 is 0. The van der Waals surface area contributed by atoms with Crippen LogP contribution in [0.5, 0.6) is 0 Å². The summed E-state index contributed by atoms with van der Waals surface area (Å²) in [4.78, 5) is 20.9. The number of nitro benzene ring substituents is 1. The molecule has 0 saturated heterocycles. The van der Waals surface area contributed by atoms with Crippen molar-refractivity contribution in [3.63, 3.8) is 0 Å². The van der Waals surface area contributed by atoms with E-state index in [9.17, 15) is 14.9 Å². The van der Waals surface area contributed by atoms with Crippen molar-refractivity contribution in [2.45, 2.75) is 25.2 Å². The molecule has 1 amide bonds. The molecule has 0 spiro atoms. The van der Waals surface area contributed by atoms with Crippen molar-refractivity contribution in [2.24, 2.45) is 11.7 Å². The molecule has 90 valence electrons. The summed E-state index contributed by atoms with van der Waals surface area (Å²) in [5, 5.41) is 10.6. The highest BCUT2D eigenvalue weighted by atomic mass is 16.6. The molecular formula is C12H14N2O3. The monoisotopic (exact) mass is 234 g/mol. The molecule has 5 nitrogen and oxygen atoms in total. The van der Waals surface area contributed by atoms with E-state index in [2.05, 4.69) is 0 Å². The molecule has 0 heterocycles. The molecular weight excluding hydrogens is 220 g/mol. The first kappa shape index (κ1) is 11.6. The second kappa shape index (κ2) is 4.53. The minimum absolute atomic E-state index is 0.128. The van der Waals surface area contributed by atoms with Gasteiger partial charge in [0.15, 0.2) is 0 Å². The van der Waals surface area contributed by atoms with Gasteiger partial charge in [0.25, 0.3) is 5.69 Å². The summed E-state index contributed by atoms with van der Waals surface area (Å²) in [6.07, 6.45) is 2.17. The topological polar surface area (TPSA) is 86.2 Å². The molecule has 1 aliphatic rings. The molecule has 0 aromatic heterocycles. The van der Waals surface area contributed by atoms with Gasteiger partial charge in [0.1, 0.15) is 0 Å². The van der Waals surface area contributed by atoms with Crippen molar-refractivity contribution in [3.05, 3.63) is 39.9 Å². The molecule has 2 N–H and O–H groups in total. The quantitative estimate of drug-likeness (QED) is 0.624. The molecule has 5 heteroatoms. The Hall–Kier alpha value is -1.91. The molecule has 1 unspecified atom stereocenters. The van der Waals surface area contributed by atoms with Crippen LogP contribution in [0, 0.1) is 16.0 Å². The van der Waals surface area contributed by atoms with E-state index in [4.69, 9.17) is 5.73 Å². The number of non-ortho nitro benzene ring substituents is 1. The fraction of sp³-hybridized carbons (Fsp3) is 0.417. The number of carbonyl (C=O) groups is 1. The van der Waals surface area contributed by atoms with E-state index in [0.29, 0.717) is 18.3 Å². The third kappa shape index (κ3) is 2.81. The van der Waals surface area contributed by atoms with Gasteiger partial charge in [0.05, 0.1) is 4.92 Å². The predicted octanol–water partition coefficient (Wildman–Crippen LogP) is 1.96. The van der Waals surface area contributed by atoms with Crippen LogP contribution in [0.4, 0.5) is 5.69 Å². The first-order valence-electron chi connectivity index (χ1n) is 5.60. The van der Waals surface area contributed by atoms with E-state index in [-0.39, 0.29) is 16.5 Å². The average Bonchev–Trinajstić information content (AvgIpc) is 3.06. The predicted molar refractivity (Wildman–Crippen MR) is 62.4 cm³/mol. The first-order chi connectivity index (χ1) is 8.08. The van der Waals surface area contributed by atoms with Crippen molar-refractivity contribution in [3.8, 4) is 0 Å². The lowest BCUT2D eigenvalue weighted by molar-refractivity contribution is -0.384. The minimum Gasteiger partial charge on any atom is -0.370 e. The van der Waals surface area contributed by atoms with Crippen LogP contribution in [0.25, 0.3) is 0 Å². The highest BCUT2D eigenvalue weighted by Gasteiger charge is 2.38. The highest BCUT2D eigenvalue weighted by molar-refractivity contribution is 5.73. The highest BCUT2D eigenvalue weighted by Crippen LogP contribution is 2.50. The third-order valence-electron chi connectivity index (χ3n) is 3.19.